The Morgan fingerprint density at radius 2 is 2.11 bits per heavy atom. The monoisotopic (exact) mass is 273 g/mol. The number of imidazole rings is 1. The Kier molecular flexibility index (Phi) is 2.21. The smallest absolute Gasteiger partial charge is 0.253 e. The first-order valence-corrected chi connectivity index (χ1v) is 5.52. The van der Waals surface area contributed by atoms with Gasteiger partial charge in [0, 0.05) is 6.20 Å². The third-order valence-corrected chi connectivity index (χ3v) is 3.16. The Balaban J connectivity index is 2.43. The molecule has 3 rings (SSSR count). The minimum Gasteiger partial charge on any atom is -0.504 e. The fourth-order valence-electron chi connectivity index (χ4n) is 1.92. The second kappa shape index (κ2) is 3.67. The summed E-state index contributed by atoms with van der Waals surface area (Å²) in [6.07, 6.45) is 1.44. The molecule has 1 aliphatic carbocycles. The van der Waals surface area contributed by atoms with Crippen LogP contribution in [0.5, 0.6) is 0 Å². The van der Waals surface area contributed by atoms with Crippen molar-refractivity contribution in [3.8, 4) is 6.07 Å². The van der Waals surface area contributed by atoms with Crippen LogP contribution in [0.25, 0.3) is 11.4 Å². The summed E-state index contributed by atoms with van der Waals surface area (Å²) in [5.74, 6) is -2.34. The van der Waals surface area contributed by atoms with E-state index >= 15 is 0 Å². The molecule has 0 unspecified atom stereocenters. The van der Waals surface area contributed by atoms with Crippen LogP contribution in [0, 0.1) is 11.3 Å². The molecule has 0 bridgehead atoms. The first-order chi connectivity index (χ1) is 9.04. The number of allylic oxidation sites excluding steroid dienone is 1. The predicted molar refractivity (Wildman–Crippen MR) is 64.6 cm³/mol. The van der Waals surface area contributed by atoms with Gasteiger partial charge in [0.2, 0.25) is 5.78 Å². The van der Waals surface area contributed by atoms with E-state index in [-0.39, 0.29) is 17.0 Å². The topological polar surface area (TPSA) is 95.5 Å². The highest BCUT2D eigenvalue weighted by atomic mass is 35.5. The number of hydrogen-bond acceptors (Lipinski definition) is 5. The molecule has 0 fully saturated rings. The van der Waals surface area contributed by atoms with Crippen molar-refractivity contribution in [3.05, 3.63) is 40.3 Å². The average Bonchev–Trinajstić information content (AvgIpc) is 2.81. The van der Waals surface area contributed by atoms with Gasteiger partial charge in [-0.25, -0.2) is 4.98 Å². The summed E-state index contributed by atoms with van der Waals surface area (Å²) in [6.45, 7) is 0. The number of ketones is 2. The minimum absolute atomic E-state index is 0.0496. The van der Waals surface area contributed by atoms with Crippen molar-refractivity contribution < 1.29 is 14.7 Å². The predicted octanol–water partition coefficient (Wildman–Crippen LogP) is 1.44. The Labute approximate surface area is 111 Å². The van der Waals surface area contributed by atoms with Crippen LogP contribution < -0.4 is 0 Å². The molecular weight excluding hydrogens is 270 g/mol. The first-order valence-electron chi connectivity index (χ1n) is 5.15. The quantitative estimate of drug-likeness (QED) is 0.733. The molecule has 19 heavy (non-hydrogen) atoms. The fourth-order valence-corrected chi connectivity index (χ4v) is 2.09. The highest BCUT2D eigenvalue weighted by molar-refractivity contribution is 6.63. The van der Waals surface area contributed by atoms with Crippen molar-refractivity contribution >= 4 is 34.6 Å². The maximum Gasteiger partial charge on any atom is 0.253 e. The zero-order valence-corrected chi connectivity index (χ0v) is 9.97. The van der Waals surface area contributed by atoms with Crippen LogP contribution in [0.15, 0.2) is 23.4 Å². The van der Waals surface area contributed by atoms with Crippen LogP contribution in [0.2, 0.25) is 0 Å². The summed E-state index contributed by atoms with van der Waals surface area (Å²) >= 11 is 5.58. The minimum atomic E-state index is -0.974. The van der Waals surface area contributed by atoms with Gasteiger partial charge in [-0.15, -0.1) is 0 Å². The number of aromatic nitrogens is 2. The summed E-state index contributed by atoms with van der Waals surface area (Å²) in [5.41, 5.74) is 0.530. The van der Waals surface area contributed by atoms with Crippen LogP contribution >= 0.6 is 11.6 Å². The summed E-state index contributed by atoms with van der Waals surface area (Å²) in [4.78, 5) is 27.5. The van der Waals surface area contributed by atoms with Crippen molar-refractivity contribution in [2.45, 2.75) is 0 Å². The zero-order chi connectivity index (χ0) is 13.7. The molecule has 0 saturated heterocycles. The van der Waals surface area contributed by atoms with Crippen LogP contribution in [0.4, 0.5) is 0 Å². The van der Waals surface area contributed by atoms with E-state index in [0.29, 0.717) is 5.56 Å². The summed E-state index contributed by atoms with van der Waals surface area (Å²) in [6, 6.07) is 4.85. The Morgan fingerprint density at radius 3 is 2.79 bits per heavy atom. The van der Waals surface area contributed by atoms with E-state index < -0.39 is 22.4 Å². The van der Waals surface area contributed by atoms with Crippen LogP contribution in [-0.4, -0.2) is 26.1 Å². The van der Waals surface area contributed by atoms with Gasteiger partial charge >= 0.3 is 0 Å². The average molecular weight is 274 g/mol. The van der Waals surface area contributed by atoms with Crippen molar-refractivity contribution in [1.29, 1.82) is 5.26 Å². The number of aliphatic hydroxyl groups is 1. The summed E-state index contributed by atoms with van der Waals surface area (Å²) in [5, 5.41) is 18.0. The van der Waals surface area contributed by atoms with Gasteiger partial charge in [-0.3, -0.25) is 14.0 Å². The number of nitriles is 1. The molecule has 0 amide bonds. The van der Waals surface area contributed by atoms with Gasteiger partial charge in [0.1, 0.15) is 22.1 Å². The SMILES string of the molecule is N#Cc1ccn2c3c(nc2c1)C(O)=C(Cl)C(=O)C3=O. The number of rotatable bonds is 0. The normalized spacial score (nSPS) is 14.7. The lowest BCUT2D eigenvalue weighted by molar-refractivity contribution is -0.111. The molecule has 2 aromatic rings. The van der Waals surface area contributed by atoms with E-state index in [2.05, 4.69) is 4.98 Å². The number of Topliss-reactive ketones (excluding diaryl/α,β-unsaturated/α-hetero) is 2. The molecule has 0 radical (unpaired) electrons. The molecule has 92 valence electrons. The fraction of sp³-hybridized carbons (Fsp3) is 0. The highest BCUT2D eigenvalue weighted by Crippen LogP contribution is 2.30. The molecule has 0 spiro atoms. The molecule has 6 nitrogen and oxygen atoms in total. The van der Waals surface area contributed by atoms with Crippen molar-refractivity contribution in [2.24, 2.45) is 0 Å². The maximum atomic E-state index is 11.9. The largest absolute Gasteiger partial charge is 0.504 e. The maximum absolute atomic E-state index is 11.9. The van der Waals surface area contributed by atoms with Crippen LogP contribution in [-0.2, 0) is 4.79 Å². The Morgan fingerprint density at radius 1 is 1.37 bits per heavy atom. The van der Waals surface area contributed by atoms with E-state index in [1.165, 1.54) is 22.7 Å². The molecule has 0 atom stereocenters. The van der Waals surface area contributed by atoms with E-state index in [1.54, 1.807) is 0 Å². The number of fused-ring (bicyclic) bond motifs is 3. The molecule has 0 aromatic carbocycles. The number of carbonyl (C=O) groups excluding carboxylic acids is 2. The van der Waals surface area contributed by atoms with E-state index in [1.807, 2.05) is 6.07 Å². The molecule has 2 aromatic heterocycles. The van der Waals surface area contributed by atoms with Gasteiger partial charge in [-0.1, -0.05) is 11.6 Å². The molecule has 0 aliphatic heterocycles. The third kappa shape index (κ3) is 1.39. The van der Waals surface area contributed by atoms with Gasteiger partial charge < -0.3 is 5.11 Å². The lowest BCUT2D eigenvalue weighted by Crippen LogP contribution is -2.23. The lowest BCUT2D eigenvalue weighted by atomic mass is 10.0. The van der Waals surface area contributed by atoms with Gasteiger partial charge in [0.25, 0.3) is 5.78 Å². The number of halogens is 1. The second-order valence-electron chi connectivity index (χ2n) is 3.89. The number of nitrogens with zero attached hydrogens (tertiary/aromatic N) is 3. The molecular formula is C12H4ClN3O3. The van der Waals surface area contributed by atoms with Gasteiger partial charge in [0.15, 0.2) is 5.76 Å². The van der Waals surface area contributed by atoms with Crippen molar-refractivity contribution in [3.63, 3.8) is 0 Å². The standard InChI is InChI=1S/C12H4ClN3O3/c13-7-10(17)8-9(12(19)11(7)18)16-2-1-5(4-14)3-6(16)15-8/h1-3,17H. The molecule has 2 heterocycles. The number of hydrogen-bond donors (Lipinski definition) is 1. The molecule has 1 aliphatic rings. The van der Waals surface area contributed by atoms with E-state index in [0.717, 1.165) is 0 Å². The number of aliphatic hydroxyl groups excluding tert-OH is 1. The lowest BCUT2D eigenvalue weighted by Gasteiger charge is -2.09. The summed E-state index contributed by atoms with van der Waals surface area (Å²) < 4.78 is 1.34. The number of pyridine rings is 1. The zero-order valence-electron chi connectivity index (χ0n) is 9.22. The van der Waals surface area contributed by atoms with Gasteiger partial charge in [-0.05, 0) is 12.1 Å². The van der Waals surface area contributed by atoms with Crippen LogP contribution in [0.1, 0.15) is 21.7 Å². The molecule has 7 heteroatoms. The molecule has 1 N–H and O–H groups in total. The molecule has 0 saturated carbocycles. The van der Waals surface area contributed by atoms with Crippen LogP contribution in [0.3, 0.4) is 0 Å². The second-order valence-corrected chi connectivity index (χ2v) is 4.26. The van der Waals surface area contributed by atoms with Crippen molar-refractivity contribution in [2.75, 3.05) is 0 Å². The number of carbonyl (C=O) groups is 2. The van der Waals surface area contributed by atoms with Gasteiger partial charge in [0.05, 0.1) is 11.6 Å². The Hall–Kier alpha value is -2.65. The summed E-state index contributed by atoms with van der Waals surface area (Å²) in [7, 11) is 0. The van der Waals surface area contributed by atoms with E-state index in [9.17, 15) is 14.7 Å². The highest BCUT2D eigenvalue weighted by Gasteiger charge is 2.36. The van der Waals surface area contributed by atoms with Crippen molar-refractivity contribution in [1.82, 2.24) is 9.38 Å². The van der Waals surface area contributed by atoms with E-state index in [4.69, 9.17) is 16.9 Å². The van der Waals surface area contributed by atoms with Gasteiger partial charge in [-0.2, -0.15) is 5.26 Å². The Bertz CT molecular complexity index is 842. The first kappa shape index (κ1) is 11.4. The third-order valence-electron chi connectivity index (χ3n) is 2.81.